The maximum atomic E-state index is 5.31. The second kappa shape index (κ2) is 6.21. The largest absolute Gasteiger partial charge is 0.469 e. The number of anilines is 1. The molecule has 0 amide bonds. The maximum Gasteiger partial charge on any atom is 0.322 e. The van der Waals surface area contributed by atoms with Gasteiger partial charge in [0.25, 0.3) is 0 Å². The Morgan fingerprint density at radius 1 is 1.24 bits per heavy atom. The molecule has 0 aliphatic rings. The van der Waals surface area contributed by atoms with Crippen LogP contribution < -0.4 is 5.32 Å². The van der Waals surface area contributed by atoms with Gasteiger partial charge in [-0.15, -0.1) is 0 Å². The van der Waals surface area contributed by atoms with E-state index < -0.39 is 0 Å². The van der Waals surface area contributed by atoms with Crippen molar-refractivity contribution in [1.82, 2.24) is 15.1 Å². The zero-order valence-corrected chi connectivity index (χ0v) is 11.7. The fourth-order valence-electron chi connectivity index (χ4n) is 1.98. The van der Waals surface area contributed by atoms with E-state index in [1.165, 1.54) is 0 Å². The number of hydrogen-bond donors (Lipinski definition) is 1. The predicted molar refractivity (Wildman–Crippen MR) is 77.6 cm³/mol. The highest BCUT2D eigenvalue weighted by molar-refractivity contribution is 5.49. The summed E-state index contributed by atoms with van der Waals surface area (Å²) in [7, 11) is 0. The summed E-state index contributed by atoms with van der Waals surface area (Å²) in [5, 5.41) is 7.10. The summed E-state index contributed by atoms with van der Waals surface area (Å²) in [4.78, 5) is 8.48. The third-order valence-electron chi connectivity index (χ3n) is 3.09. The van der Waals surface area contributed by atoms with Crippen LogP contribution in [0.4, 0.5) is 6.01 Å². The molecule has 6 heteroatoms. The zero-order valence-electron chi connectivity index (χ0n) is 11.7. The smallest absolute Gasteiger partial charge is 0.322 e. The summed E-state index contributed by atoms with van der Waals surface area (Å²) in [5.74, 6) is 1.46. The molecule has 0 aromatic carbocycles. The van der Waals surface area contributed by atoms with E-state index in [9.17, 15) is 0 Å². The summed E-state index contributed by atoms with van der Waals surface area (Å²) in [5.41, 5.74) is 0.692. The Hall–Kier alpha value is -2.63. The standard InChI is InChI=1S/C15H16N4O2/c1-11(7-8-12-5-4-10-20-12)17-15-18-14(19-21-15)13-6-2-3-9-16-13/h2-6,9-11H,7-8H2,1H3,(H,17,18,19). The molecule has 0 saturated heterocycles. The van der Waals surface area contributed by atoms with Gasteiger partial charge in [0.1, 0.15) is 11.5 Å². The third kappa shape index (κ3) is 3.47. The molecule has 0 spiro atoms. The molecule has 3 aromatic rings. The Kier molecular flexibility index (Phi) is 3.95. The lowest BCUT2D eigenvalue weighted by molar-refractivity contribution is 0.425. The van der Waals surface area contributed by atoms with Crippen molar-refractivity contribution >= 4 is 6.01 Å². The minimum atomic E-state index is 0.201. The van der Waals surface area contributed by atoms with Crippen molar-refractivity contribution < 1.29 is 8.94 Å². The van der Waals surface area contributed by atoms with E-state index in [4.69, 9.17) is 8.94 Å². The normalized spacial score (nSPS) is 12.2. The Morgan fingerprint density at radius 2 is 2.19 bits per heavy atom. The van der Waals surface area contributed by atoms with Crippen LogP contribution in [0.5, 0.6) is 0 Å². The molecular weight excluding hydrogens is 268 g/mol. The number of furan rings is 1. The molecule has 0 saturated carbocycles. The first-order valence-corrected chi connectivity index (χ1v) is 6.85. The molecular formula is C15H16N4O2. The summed E-state index contributed by atoms with van der Waals surface area (Å²) >= 11 is 0. The van der Waals surface area contributed by atoms with Crippen LogP contribution in [-0.2, 0) is 6.42 Å². The van der Waals surface area contributed by atoms with Gasteiger partial charge in [-0.1, -0.05) is 11.2 Å². The summed E-state index contributed by atoms with van der Waals surface area (Å²) < 4.78 is 10.5. The molecule has 3 aromatic heterocycles. The molecule has 21 heavy (non-hydrogen) atoms. The van der Waals surface area contributed by atoms with Crippen molar-refractivity contribution in [3.63, 3.8) is 0 Å². The SMILES string of the molecule is CC(CCc1ccco1)Nc1nc(-c2ccccn2)no1. The van der Waals surface area contributed by atoms with Gasteiger partial charge in [0.2, 0.25) is 5.82 Å². The molecule has 6 nitrogen and oxygen atoms in total. The molecule has 3 rings (SSSR count). The van der Waals surface area contributed by atoms with E-state index in [0.717, 1.165) is 18.6 Å². The van der Waals surface area contributed by atoms with E-state index in [2.05, 4.69) is 27.4 Å². The predicted octanol–water partition coefficient (Wildman–Crippen LogP) is 3.16. The quantitative estimate of drug-likeness (QED) is 0.749. The Morgan fingerprint density at radius 3 is 2.95 bits per heavy atom. The van der Waals surface area contributed by atoms with Crippen LogP contribution in [0.3, 0.4) is 0 Å². The first-order valence-electron chi connectivity index (χ1n) is 6.85. The number of nitrogens with one attached hydrogen (secondary N) is 1. The molecule has 0 fully saturated rings. The highest BCUT2D eigenvalue weighted by Crippen LogP contribution is 2.16. The van der Waals surface area contributed by atoms with Crippen LogP contribution in [0.1, 0.15) is 19.1 Å². The lowest BCUT2D eigenvalue weighted by Crippen LogP contribution is -2.16. The molecule has 0 aliphatic heterocycles. The van der Waals surface area contributed by atoms with Gasteiger partial charge in [-0.2, -0.15) is 4.98 Å². The second-order valence-electron chi connectivity index (χ2n) is 4.80. The highest BCUT2D eigenvalue weighted by Gasteiger charge is 2.11. The lowest BCUT2D eigenvalue weighted by atomic mass is 10.1. The van der Waals surface area contributed by atoms with Crippen molar-refractivity contribution in [2.24, 2.45) is 0 Å². The molecule has 0 bridgehead atoms. The van der Waals surface area contributed by atoms with E-state index in [1.807, 2.05) is 30.3 Å². The van der Waals surface area contributed by atoms with Crippen LogP contribution >= 0.6 is 0 Å². The fourth-order valence-corrected chi connectivity index (χ4v) is 1.98. The number of aryl methyl sites for hydroxylation is 1. The van der Waals surface area contributed by atoms with Crippen LogP contribution in [0.2, 0.25) is 0 Å². The molecule has 0 aliphatic carbocycles. The Bertz CT molecular complexity index is 664. The van der Waals surface area contributed by atoms with Crippen LogP contribution in [-0.4, -0.2) is 21.2 Å². The first kappa shape index (κ1) is 13.4. The van der Waals surface area contributed by atoms with E-state index >= 15 is 0 Å². The van der Waals surface area contributed by atoms with Crippen LogP contribution in [0, 0.1) is 0 Å². The van der Waals surface area contributed by atoms with Crippen LogP contribution in [0.15, 0.2) is 51.7 Å². The van der Waals surface area contributed by atoms with E-state index in [-0.39, 0.29) is 6.04 Å². The van der Waals surface area contributed by atoms with Gasteiger partial charge >= 0.3 is 6.01 Å². The van der Waals surface area contributed by atoms with Gasteiger partial charge in [-0.25, -0.2) is 0 Å². The topological polar surface area (TPSA) is 77.0 Å². The minimum absolute atomic E-state index is 0.201. The fraction of sp³-hybridized carbons (Fsp3) is 0.267. The van der Waals surface area contributed by atoms with Gasteiger partial charge in [0.15, 0.2) is 0 Å². The van der Waals surface area contributed by atoms with Gasteiger partial charge in [-0.3, -0.25) is 4.98 Å². The van der Waals surface area contributed by atoms with Crippen molar-refractivity contribution in [3.05, 3.63) is 48.6 Å². The van der Waals surface area contributed by atoms with Gasteiger partial charge in [-0.05, 0) is 37.6 Å². The highest BCUT2D eigenvalue weighted by atomic mass is 16.5. The summed E-state index contributed by atoms with van der Waals surface area (Å²) in [6.07, 6.45) is 5.16. The second-order valence-corrected chi connectivity index (χ2v) is 4.80. The molecule has 1 atom stereocenters. The maximum absolute atomic E-state index is 5.31. The number of nitrogens with zero attached hydrogens (tertiary/aromatic N) is 3. The van der Waals surface area contributed by atoms with Crippen molar-refractivity contribution in [2.75, 3.05) is 5.32 Å². The van der Waals surface area contributed by atoms with Crippen molar-refractivity contribution in [1.29, 1.82) is 0 Å². The number of hydrogen-bond acceptors (Lipinski definition) is 6. The molecule has 1 unspecified atom stereocenters. The Balaban J connectivity index is 1.57. The number of aromatic nitrogens is 3. The van der Waals surface area contributed by atoms with Crippen LogP contribution in [0.25, 0.3) is 11.5 Å². The lowest BCUT2D eigenvalue weighted by Gasteiger charge is -2.09. The monoisotopic (exact) mass is 284 g/mol. The number of pyridine rings is 1. The molecule has 108 valence electrons. The molecule has 1 N–H and O–H groups in total. The molecule has 0 radical (unpaired) electrons. The molecule has 3 heterocycles. The average Bonchev–Trinajstić information content (AvgIpc) is 3.17. The Labute approximate surface area is 122 Å². The first-order chi connectivity index (χ1) is 10.3. The zero-order chi connectivity index (χ0) is 14.5. The van der Waals surface area contributed by atoms with Gasteiger partial charge in [0, 0.05) is 18.7 Å². The summed E-state index contributed by atoms with van der Waals surface area (Å²) in [6, 6.07) is 10.0. The van der Waals surface area contributed by atoms with Crippen molar-refractivity contribution in [2.45, 2.75) is 25.8 Å². The van der Waals surface area contributed by atoms with Gasteiger partial charge < -0.3 is 14.3 Å². The number of rotatable bonds is 6. The van der Waals surface area contributed by atoms with E-state index in [1.54, 1.807) is 12.5 Å². The van der Waals surface area contributed by atoms with Gasteiger partial charge in [0.05, 0.1) is 6.26 Å². The van der Waals surface area contributed by atoms with Crippen molar-refractivity contribution in [3.8, 4) is 11.5 Å². The average molecular weight is 284 g/mol. The minimum Gasteiger partial charge on any atom is -0.469 e. The third-order valence-corrected chi connectivity index (χ3v) is 3.09. The van der Waals surface area contributed by atoms with E-state index in [0.29, 0.717) is 17.5 Å². The summed E-state index contributed by atoms with van der Waals surface area (Å²) in [6.45, 7) is 2.06.